The first-order valence-corrected chi connectivity index (χ1v) is 4.13. The highest BCUT2D eigenvalue weighted by atomic mass is 32.3. The van der Waals surface area contributed by atoms with Crippen molar-refractivity contribution in [2.24, 2.45) is 5.73 Å². The lowest BCUT2D eigenvalue weighted by molar-refractivity contribution is -0.134. The van der Waals surface area contributed by atoms with Crippen LogP contribution in [-0.2, 0) is 19.4 Å². The smallest absolute Gasteiger partial charge is 0.327 e. The van der Waals surface area contributed by atoms with Crippen LogP contribution in [0.4, 0.5) is 0 Å². The minimum absolute atomic E-state index is 0.250. The van der Waals surface area contributed by atoms with E-state index in [2.05, 4.69) is 4.18 Å². The van der Waals surface area contributed by atoms with E-state index < -0.39 is 22.4 Å². The number of nitrogens with two attached hydrogens (primary N) is 1. The number of rotatable bonds is 3. The van der Waals surface area contributed by atoms with E-state index in [9.17, 15) is 13.2 Å². The summed E-state index contributed by atoms with van der Waals surface area (Å²) >= 11 is 0. The van der Waals surface area contributed by atoms with E-state index in [0.29, 0.717) is 0 Å². The van der Waals surface area contributed by atoms with Crippen LogP contribution < -0.4 is 5.73 Å². The average Bonchev–Trinajstić information content (AvgIpc) is 1.53. The molecule has 0 fully saturated rings. The van der Waals surface area contributed by atoms with Crippen LogP contribution in [-0.4, -0.2) is 25.0 Å². The van der Waals surface area contributed by atoms with Crippen LogP contribution >= 0.6 is 0 Å². The molecule has 0 spiro atoms. The molecule has 0 radical (unpaired) electrons. The van der Waals surface area contributed by atoms with Crippen LogP contribution in [0, 0.1) is 0 Å². The Morgan fingerprint density at radius 2 is 2.18 bits per heavy atom. The Bertz CT molecular complexity index is 231. The number of carbonyl (C=O) groups is 1. The van der Waals surface area contributed by atoms with Gasteiger partial charge in [-0.2, -0.15) is 8.42 Å². The van der Waals surface area contributed by atoms with Crippen molar-refractivity contribution in [1.82, 2.24) is 0 Å². The van der Waals surface area contributed by atoms with Crippen LogP contribution in [0.3, 0.4) is 0 Å². The maximum absolute atomic E-state index is 10.4. The molecule has 0 bridgehead atoms. The molecule has 3 N–H and O–H groups in total. The zero-order valence-corrected chi connectivity index (χ0v) is 6.67. The highest BCUT2D eigenvalue weighted by Gasteiger charge is 2.14. The molecule has 6 nitrogen and oxygen atoms in total. The van der Waals surface area contributed by atoms with Gasteiger partial charge in [-0.3, -0.25) is 9.35 Å². The maximum atomic E-state index is 10.4. The molecule has 1 atom stereocenters. The Kier molecular flexibility index (Phi) is 3.43. The molecule has 0 saturated heterocycles. The predicted octanol–water partition coefficient (Wildman–Crippen LogP) is -0.930. The van der Waals surface area contributed by atoms with Crippen molar-refractivity contribution in [3.63, 3.8) is 0 Å². The molecule has 0 aromatic rings. The van der Waals surface area contributed by atoms with Crippen LogP contribution in [0.25, 0.3) is 0 Å². The molecule has 11 heavy (non-hydrogen) atoms. The molecule has 0 rings (SSSR count). The summed E-state index contributed by atoms with van der Waals surface area (Å²) in [6.45, 7) is 1.51. The van der Waals surface area contributed by atoms with Crippen molar-refractivity contribution in [2.75, 3.05) is 0 Å². The Labute approximate surface area is 64.3 Å². The van der Waals surface area contributed by atoms with Crippen molar-refractivity contribution in [3.8, 4) is 0 Å². The van der Waals surface area contributed by atoms with Crippen molar-refractivity contribution in [1.29, 1.82) is 0 Å². The molecule has 1 unspecified atom stereocenters. The molecule has 66 valence electrons. The third kappa shape index (κ3) is 7.23. The Hall–Kier alpha value is -0.660. The SMILES string of the molecule is CC(N)CC(=O)OS(=O)(=O)O. The second kappa shape index (κ2) is 3.65. The minimum atomic E-state index is -4.67. The number of hydrogen-bond donors (Lipinski definition) is 2. The van der Waals surface area contributed by atoms with E-state index in [1.165, 1.54) is 6.92 Å². The summed E-state index contributed by atoms with van der Waals surface area (Å²) in [5, 5.41) is 0. The van der Waals surface area contributed by atoms with Gasteiger partial charge in [0.25, 0.3) is 0 Å². The van der Waals surface area contributed by atoms with Gasteiger partial charge in [-0.1, -0.05) is 0 Å². The van der Waals surface area contributed by atoms with Crippen LogP contribution in [0.15, 0.2) is 0 Å². The van der Waals surface area contributed by atoms with Crippen LogP contribution in [0.1, 0.15) is 13.3 Å². The summed E-state index contributed by atoms with van der Waals surface area (Å²) in [7, 11) is -4.67. The molecule has 0 aromatic heterocycles. The van der Waals surface area contributed by atoms with Gasteiger partial charge in [0.2, 0.25) is 0 Å². The Balaban J connectivity index is 3.91. The van der Waals surface area contributed by atoms with Gasteiger partial charge in [0.15, 0.2) is 0 Å². The fourth-order valence-corrected chi connectivity index (χ4v) is 0.717. The maximum Gasteiger partial charge on any atom is 0.448 e. The fraction of sp³-hybridized carbons (Fsp3) is 0.750. The summed E-state index contributed by atoms with van der Waals surface area (Å²) in [6.07, 6.45) is -0.250. The monoisotopic (exact) mass is 183 g/mol. The molecular formula is C4H9NO5S. The third-order valence-electron chi connectivity index (χ3n) is 0.687. The molecule has 0 aliphatic rings. The standard InChI is InChI=1S/C4H9NO5S/c1-3(5)2-4(6)10-11(7,8)9/h3H,2,5H2,1H3,(H,7,8,9). The van der Waals surface area contributed by atoms with Crippen molar-refractivity contribution < 1.29 is 21.9 Å². The predicted molar refractivity (Wildman–Crippen MR) is 35.9 cm³/mol. The van der Waals surface area contributed by atoms with Crippen molar-refractivity contribution >= 4 is 16.4 Å². The first-order chi connectivity index (χ1) is 4.81. The Morgan fingerprint density at radius 1 is 1.73 bits per heavy atom. The molecular weight excluding hydrogens is 174 g/mol. The summed E-state index contributed by atoms with van der Waals surface area (Å²) in [5.74, 6) is -1.07. The van der Waals surface area contributed by atoms with Gasteiger partial charge in [0.1, 0.15) is 0 Å². The van der Waals surface area contributed by atoms with Gasteiger partial charge in [-0.15, -0.1) is 0 Å². The quantitative estimate of drug-likeness (QED) is 0.547. The highest BCUT2D eigenvalue weighted by Crippen LogP contribution is 1.94. The van der Waals surface area contributed by atoms with E-state index in [1.807, 2.05) is 0 Å². The van der Waals surface area contributed by atoms with E-state index >= 15 is 0 Å². The zero-order chi connectivity index (χ0) is 9.07. The zero-order valence-electron chi connectivity index (χ0n) is 5.85. The second-order valence-corrected chi connectivity index (χ2v) is 3.09. The summed E-state index contributed by atoms with van der Waals surface area (Å²) in [6, 6.07) is -0.496. The Morgan fingerprint density at radius 3 is 2.45 bits per heavy atom. The first kappa shape index (κ1) is 10.3. The van der Waals surface area contributed by atoms with Crippen LogP contribution in [0.5, 0.6) is 0 Å². The summed E-state index contributed by atoms with van der Waals surface area (Å²) < 4.78 is 31.3. The number of hydrogen-bond acceptors (Lipinski definition) is 5. The molecule has 0 aromatic carbocycles. The normalized spacial score (nSPS) is 14.1. The topological polar surface area (TPSA) is 107 Å². The minimum Gasteiger partial charge on any atom is -0.327 e. The number of carbonyl (C=O) groups excluding carboxylic acids is 1. The molecule has 0 aliphatic carbocycles. The van der Waals surface area contributed by atoms with E-state index in [-0.39, 0.29) is 6.42 Å². The first-order valence-electron chi connectivity index (χ1n) is 2.76. The average molecular weight is 183 g/mol. The van der Waals surface area contributed by atoms with Crippen molar-refractivity contribution in [2.45, 2.75) is 19.4 Å². The highest BCUT2D eigenvalue weighted by molar-refractivity contribution is 7.81. The fourth-order valence-electron chi connectivity index (χ4n) is 0.414. The second-order valence-electron chi connectivity index (χ2n) is 2.06. The van der Waals surface area contributed by atoms with Gasteiger partial charge in [-0.05, 0) is 6.92 Å². The summed E-state index contributed by atoms with van der Waals surface area (Å²) in [5.41, 5.74) is 5.13. The van der Waals surface area contributed by atoms with Gasteiger partial charge < -0.3 is 9.92 Å². The molecule has 0 amide bonds. The van der Waals surface area contributed by atoms with E-state index in [1.54, 1.807) is 0 Å². The molecule has 0 heterocycles. The van der Waals surface area contributed by atoms with Gasteiger partial charge in [0, 0.05) is 6.04 Å². The lowest BCUT2D eigenvalue weighted by atomic mass is 10.3. The van der Waals surface area contributed by atoms with Gasteiger partial charge in [0.05, 0.1) is 6.42 Å². The van der Waals surface area contributed by atoms with E-state index in [0.717, 1.165) is 0 Å². The molecule has 0 saturated carbocycles. The lowest BCUT2D eigenvalue weighted by Crippen LogP contribution is -2.22. The van der Waals surface area contributed by atoms with Gasteiger partial charge in [-0.25, -0.2) is 0 Å². The molecule has 0 aliphatic heterocycles. The summed E-state index contributed by atoms with van der Waals surface area (Å²) in [4.78, 5) is 10.4. The van der Waals surface area contributed by atoms with Gasteiger partial charge >= 0.3 is 16.4 Å². The largest absolute Gasteiger partial charge is 0.448 e. The van der Waals surface area contributed by atoms with Crippen molar-refractivity contribution in [3.05, 3.63) is 0 Å². The van der Waals surface area contributed by atoms with Crippen LogP contribution in [0.2, 0.25) is 0 Å². The lowest BCUT2D eigenvalue weighted by Gasteiger charge is -2.01. The third-order valence-corrected chi connectivity index (χ3v) is 1.08. The molecule has 7 heteroatoms. The van der Waals surface area contributed by atoms with E-state index in [4.69, 9.17) is 10.3 Å².